The van der Waals surface area contributed by atoms with Gasteiger partial charge in [-0.3, -0.25) is 9.59 Å². The number of nitrogens with one attached hydrogen (secondary N) is 1. The van der Waals surface area contributed by atoms with Crippen molar-refractivity contribution < 1.29 is 14.3 Å². The second-order valence-electron chi connectivity index (χ2n) is 4.13. The zero-order chi connectivity index (χ0) is 13.5. The Balaban J connectivity index is 2.75. The molecule has 1 aromatic carbocycles. The normalized spacial score (nSPS) is 11.7. The van der Waals surface area contributed by atoms with Crippen molar-refractivity contribution in [3.05, 3.63) is 29.8 Å². The number of carbonyl (C=O) groups is 2. The molecule has 0 aliphatic carbocycles. The van der Waals surface area contributed by atoms with Crippen molar-refractivity contribution >= 4 is 11.7 Å². The van der Waals surface area contributed by atoms with E-state index < -0.39 is 6.04 Å². The smallest absolute Gasteiger partial charge is 0.217 e. The molecule has 4 nitrogen and oxygen atoms in total. The molecule has 0 saturated carbocycles. The van der Waals surface area contributed by atoms with Crippen LogP contribution in [0.5, 0.6) is 5.75 Å². The Morgan fingerprint density at radius 3 is 2.33 bits per heavy atom. The molecule has 0 fully saturated rings. The quantitative estimate of drug-likeness (QED) is 0.835. The molecule has 0 saturated heterocycles. The van der Waals surface area contributed by atoms with E-state index in [2.05, 4.69) is 5.32 Å². The van der Waals surface area contributed by atoms with Crippen LogP contribution in [0.2, 0.25) is 0 Å². The molecule has 4 heteroatoms. The lowest BCUT2D eigenvalue weighted by Crippen LogP contribution is -2.41. The Morgan fingerprint density at radius 1 is 1.28 bits per heavy atom. The lowest BCUT2D eigenvalue weighted by molar-refractivity contribution is -0.126. The zero-order valence-electron chi connectivity index (χ0n) is 11.0. The van der Waals surface area contributed by atoms with Crippen LogP contribution < -0.4 is 10.1 Å². The summed E-state index contributed by atoms with van der Waals surface area (Å²) in [5, 5.41) is 2.69. The lowest BCUT2D eigenvalue weighted by atomic mass is 10.0. The average Bonchev–Trinajstić information content (AvgIpc) is 2.37. The third-order valence-electron chi connectivity index (χ3n) is 2.71. The maximum atomic E-state index is 11.7. The molecule has 1 rings (SSSR count). The van der Waals surface area contributed by atoms with E-state index in [4.69, 9.17) is 4.74 Å². The van der Waals surface area contributed by atoms with Crippen LogP contribution in [0.4, 0.5) is 0 Å². The molecule has 0 spiro atoms. The molecule has 0 heterocycles. The Bertz CT molecular complexity index is 412. The highest BCUT2D eigenvalue weighted by Gasteiger charge is 2.17. The first kappa shape index (κ1) is 14.2. The molecular weight excluding hydrogens is 230 g/mol. The van der Waals surface area contributed by atoms with E-state index in [1.807, 2.05) is 24.3 Å². The third-order valence-corrected chi connectivity index (χ3v) is 2.71. The predicted molar refractivity (Wildman–Crippen MR) is 69.6 cm³/mol. The fourth-order valence-electron chi connectivity index (χ4n) is 1.73. The topological polar surface area (TPSA) is 55.4 Å². The first-order chi connectivity index (χ1) is 8.56. The molecule has 98 valence electrons. The largest absolute Gasteiger partial charge is 0.497 e. The molecule has 0 aromatic heterocycles. The van der Waals surface area contributed by atoms with Gasteiger partial charge in [0.15, 0.2) is 5.78 Å². The van der Waals surface area contributed by atoms with Crippen molar-refractivity contribution in [2.24, 2.45) is 0 Å². The Hall–Kier alpha value is -1.84. The van der Waals surface area contributed by atoms with Crippen molar-refractivity contribution in [1.82, 2.24) is 5.32 Å². The van der Waals surface area contributed by atoms with E-state index in [-0.39, 0.29) is 11.7 Å². The van der Waals surface area contributed by atoms with Gasteiger partial charge in [0.2, 0.25) is 5.91 Å². The highest BCUT2D eigenvalue weighted by Crippen LogP contribution is 2.13. The SMILES string of the molecule is CCC(=O)C(Cc1ccc(OC)cc1)NC(C)=O. The van der Waals surface area contributed by atoms with E-state index in [1.54, 1.807) is 14.0 Å². The number of ketones is 1. The van der Waals surface area contributed by atoms with Gasteiger partial charge in [0.05, 0.1) is 13.2 Å². The van der Waals surface area contributed by atoms with Gasteiger partial charge in [-0.25, -0.2) is 0 Å². The number of benzene rings is 1. The van der Waals surface area contributed by atoms with Crippen LogP contribution in [0.3, 0.4) is 0 Å². The van der Waals surface area contributed by atoms with Crippen LogP contribution >= 0.6 is 0 Å². The number of amides is 1. The van der Waals surface area contributed by atoms with Gasteiger partial charge in [-0.1, -0.05) is 19.1 Å². The summed E-state index contributed by atoms with van der Waals surface area (Å²) in [5.41, 5.74) is 0.997. The van der Waals surface area contributed by atoms with Crippen molar-refractivity contribution in [2.75, 3.05) is 7.11 Å². The highest BCUT2D eigenvalue weighted by molar-refractivity contribution is 5.88. The summed E-state index contributed by atoms with van der Waals surface area (Å²) in [6, 6.07) is 7.04. The Morgan fingerprint density at radius 2 is 1.89 bits per heavy atom. The van der Waals surface area contributed by atoms with Crippen LogP contribution in [0, 0.1) is 0 Å². The second-order valence-corrected chi connectivity index (χ2v) is 4.13. The third kappa shape index (κ3) is 4.20. The summed E-state index contributed by atoms with van der Waals surface area (Å²) in [6.07, 6.45) is 0.928. The summed E-state index contributed by atoms with van der Waals surface area (Å²) >= 11 is 0. The Kier molecular flexibility index (Phi) is 5.36. The molecule has 0 radical (unpaired) electrons. The van der Waals surface area contributed by atoms with E-state index in [0.29, 0.717) is 12.8 Å². The van der Waals surface area contributed by atoms with E-state index in [9.17, 15) is 9.59 Å². The van der Waals surface area contributed by atoms with Gasteiger partial charge in [0.1, 0.15) is 5.75 Å². The molecule has 1 aromatic rings. The first-order valence-corrected chi connectivity index (χ1v) is 5.99. The second kappa shape index (κ2) is 6.79. The van der Waals surface area contributed by atoms with Crippen LogP contribution in [0.15, 0.2) is 24.3 Å². The number of methoxy groups -OCH3 is 1. The van der Waals surface area contributed by atoms with Gasteiger partial charge < -0.3 is 10.1 Å². The lowest BCUT2D eigenvalue weighted by Gasteiger charge is -2.16. The molecule has 1 amide bonds. The number of rotatable bonds is 6. The number of hydrogen-bond acceptors (Lipinski definition) is 3. The van der Waals surface area contributed by atoms with Crippen LogP contribution in [-0.4, -0.2) is 24.8 Å². The van der Waals surface area contributed by atoms with Gasteiger partial charge in [-0.15, -0.1) is 0 Å². The number of hydrogen-bond donors (Lipinski definition) is 1. The monoisotopic (exact) mass is 249 g/mol. The molecule has 0 aliphatic heterocycles. The van der Waals surface area contributed by atoms with Crippen molar-refractivity contribution in [3.8, 4) is 5.75 Å². The zero-order valence-corrected chi connectivity index (χ0v) is 11.0. The number of ether oxygens (including phenoxy) is 1. The van der Waals surface area contributed by atoms with Gasteiger partial charge >= 0.3 is 0 Å². The van der Waals surface area contributed by atoms with E-state index >= 15 is 0 Å². The van der Waals surface area contributed by atoms with Gasteiger partial charge in [0, 0.05) is 13.3 Å². The predicted octanol–water partition coefficient (Wildman–Crippen LogP) is 1.72. The van der Waals surface area contributed by atoms with Gasteiger partial charge in [0.25, 0.3) is 0 Å². The Labute approximate surface area is 107 Å². The number of Topliss-reactive ketones (excluding diaryl/α,β-unsaturated/α-hetero) is 1. The minimum atomic E-state index is -0.444. The van der Waals surface area contributed by atoms with Crippen LogP contribution in [-0.2, 0) is 16.0 Å². The molecule has 0 aliphatic rings. The maximum absolute atomic E-state index is 11.7. The molecule has 1 unspecified atom stereocenters. The first-order valence-electron chi connectivity index (χ1n) is 5.99. The highest BCUT2D eigenvalue weighted by atomic mass is 16.5. The van der Waals surface area contributed by atoms with E-state index in [1.165, 1.54) is 6.92 Å². The van der Waals surface area contributed by atoms with Crippen molar-refractivity contribution in [1.29, 1.82) is 0 Å². The molecular formula is C14H19NO3. The summed E-state index contributed by atoms with van der Waals surface area (Å²) in [6.45, 7) is 3.22. The standard InChI is InChI=1S/C14H19NO3/c1-4-14(17)13(15-10(2)16)9-11-5-7-12(18-3)8-6-11/h5-8,13H,4,9H2,1-3H3,(H,15,16). The summed E-state index contributed by atoms with van der Waals surface area (Å²) < 4.78 is 5.07. The number of carbonyl (C=O) groups excluding carboxylic acids is 2. The fourth-order valence-corrected chi connectivity index (χ4v) is 1.73. The summed E-state index contributed by atoms with van der Waals surface area (Å²) in [4.78, 5) is 22.8. The maximum Gasteiger partial charge on any atom is 0.217 e. The van der Waals surface area contributed by atoms with Gasteiger partial charge in [-0.05, 0) is 24.1 Å². The summed E-state index contributed by atoms with van der Waals surface area (Å²) in [7, 11) is 1.61. The molecule has 18 heavy (non-hydrogen) atoms. The fraction of sp³-hybridized carbons (Fsp3) is 0.429. The molecule has 1 N–H and O–H groups in total. The minimum absolute atomic E-state index is 0.0426. The van der Waals surface area contributed by atoms with Crippen molar-refractivity contribution in [3.63, 3.8) is 0 Å². The van der Waals surface area contributed by atoms with Crippen LogP contribution in [0.1, 0.15) is 25.8 Å². The van der Waals surface area contributed by atoms with Gasteiger partial charge in [-0.2, -0.15) is 0 Å². The van der Waals surface area contributed by atoms with Crippen molar-refractivity contribution in [2.45, 2.75) is 32.7 Å². The van der Waals surface area contributed by atoms with E-state index in [0.717, 1.165) is 11.3 Å². The summed E-state index contributed by atoms with van der Waals surface area (Å²) in [5.74, 6) is 0.632. The molecule has 1 atom stereocenters. The van der Waals surface area contributed by atoms with Crippen LogP contribution in [0.25, 0.3) is 0 Å². The molecule has 0 bridgehead atoms. The average molecular weight is 249 g/mol. The minimum Gasteiger partial charge on any atom is -0.497 e.